The first-order valence-corrected chi connectivity index (χ1v) is 8.87. The zero-order chi connectivity index (χ0) is 15.2. The summed E-state index contributed by atoms with van der Waals surface area (Å²) in [5.41, 5.74) is 3.78. The van der Waals surface area contributed by atoms with Gasteiger partial charge in [0.1, 0.15) is 5.82 Å². The molecule has 1 N–H and O–H groups in total. The van der Waals surface area contributed by atoms with Gasteiger partial charge in [-0.25, -0.2) is 4.98 Å². The molecule has 0 aliphatic carbocycles. The number of anilines is 1. The van der Waals surface area contributed by atoms with Crippen LogP contribution >= 0.6 is 27.3 Å². The molecule has 5 heteroatoms. The fourth-order valence-electron chi connectivity index (χ4n) is 2.31. The van der Waals surface area contributed by atoms with Crippen molar-refractivity contribution in [1.29, 1.82) is 0 Å². The van der Waals surface area contributed by atoms with E-state index in [-0.39, 0.29) is 0 Å². The van der Waals surface area contributed by atoms with Crippen LogP contribution in [0.25, 0.3) is 0 Å². The van der Waals surface area contributed by atoms with E-state index in [1.165, 1.54) is 20.5 Å². The molecule has 0 amide bonds. The van der Waals surface area contributed by atoms with Gasteiger partial charge in [-0.2, -0.15) is 0 Å². The Hall–Kier alpha value is -0.910. The Morgan fingerprint density at radius 3 is 2.76 bits per heavy atom. The lowest BCUT2D eigenvalue weighted by molar-refractivity contribution is 0.673. The molecule has 0 fully saturated rings. The maximum absolute atomic E-state index is 4.64. The molecule has 3 nitrogen and oxygen atoms in total. The third kappa shape index (κ3) is 4.80. The third-order valence-corrected chi connectivity index (χ3v) is 4.82. The van der Waals surface area contributed by atoms with Gasteiger partial charge in [0.05, 0.1) is 3.79 Å². The number of hydrogen-bond acceptors (Lipinski definition) is 4. The van der Waals surface area contributed by atoms with E-state index in [4.69, 9.17) is 0 Å². The van der Waals surface area contributed by atoms with Crippen molar-refractivity contribution in [3.63, 3.8) is 0 Å². The van der Waals surface area contributed by atoms with E-state index in [2.05, 4.69) is 69.5 Å². The van der Waals surface area contributed by atoms with E-state index in [0.717, 1.165) is 31.9 Å². The maximum Gasteiger partial charge on any atom is 0.131 e. The van der Waals surface area contributed by atoms with E-state index in [0.29, 0.717) is 0 Å². The standard InChI is InChI=1S/C16H22BrN3S/c1-4-5-18-8-13-6-12(2)16(19-9-13)20(3)10-14-7-15(17)21-11-14/h6-7,9,11,18H,4-5,8,10H2,1-3H3. The molecule has 0 bridgehead atoms. The van der Waals surface area contributed by atoms with Crippen molar-refractivity contribution in [1.82, 2.24) is 10.3 Å². The Labute approximate surface area is 139 Å². The average Bonchev–Trinajstić information content (AvgIpc) is 2.84. The Kier molecular flexibility index (Phi) is 6.21. The van der Waals surface area contributed by atoms with Gasteiger partial charge in [0.25, 0.3) is 0 Å². The molecule has 2 aromatic rings. The van der Waals surface area contributed by atoms with Crippen molar-refractivity contribution in [3.05, 3.63) is 44.2 Å². The summed E-state index contributed by atoms with van der Waals surface area (Å²) in [6, 6.07) is 4.39. The van der Waals surface area contributed by atoms with Crippen LogP contribution in [0.2, 0.25) is 0 Å². The molecule has 114 valence electrons. The molecule has 21 heavy (non-hydrogen) atoms. The molecule has 0 aliphatic rings. The van der Waals surface area contributed by atoms with Crippen molar-refractivity contribution >= 4 is 33.1 Å². The second kappa shape index (κ2) is 7.92. The van der Waals surface area contributed by atoms with Gasteiger partial charge in [-0.15, -0.1) is 11.3 Å². The van der Waals surface area contributed by atoms with E-state index in [1.807, 2.05) is 6.20 Å². The third-order valence-electron chi connectivity index (χ3n) is 3.27. The molecule has 0 atom stereocenters. The van der Waals surface area contributed by atoms with Crippen LogP contribution in [-0.2, 0) is 13.1 Å². The summed E-state index contributed by atoms with van der Waals surface area (Å²) in [7, 11) is 2.09. The number of nitrogens with one attached hydrogen (secondary N) is 1. The number of nitrogens with zero attached hydrogens (tertiary/aromatic N) is 2. The summed E-state index contributed by atoms with van der Waals surface area (Å²) >= 11 is 5.23. The molecule has 0 aliphatic heterocycles. The van der Waals surface area contributed by atoms with Gasteiger partial charge in [0.2, 0.25) is 0 Å². The van der Waals surface area contributed by atoms with Gasteiger partial charge >= 0.3 is 0 Å². The van der Waals surface area contributed by atoms with Gasteiger partial charge in [-0.3, -0.25) is 0 Å². The highest BCUT2D eigenvalue weighted by molar-refractivity contribution is 9.11. The van der Waals surface area contributed by atoms with Crippen LogP contribution in [0.4, 0.5) is 5.82 Å². The van der Waals surface area contributed by atoms with Crippen LogP contribution in [0.5, 0.6) is 0 Å². The monoisotopic (exact) mass is 367 g/mol. The Balaban J connectivity index is 2.02. The summed E-state index contributed by atoms with van der Waals surface area (Å²) in [6.07, 6.45) is 3.13. The van der Waals surface area contributed by atoms with Crippen LogP contribution in [0.15, 0.2) is 27.5 Å². The van der Waals surface area contributed by atoms with Crippen molar-refractivity contribution in [2.45, 2.75) is 33.4 Å². The Morgan fingerprint density at radius 2 is 2.14 bits per heavy atom. The summed E-state index contributed by atoms with van der Waals surface area (Å²) < 4.78 is 1.17. The molecular formula is C16H22BrN3S. The number of aryl methyl sites for hydroxylation is 1. The lowest BCUT2D eigenvalue weighted by Gasteiger charge is -2.20. The van der Waals surface area contributed by atoms with Crippen molar-refractivity contribution in [2.24, 2.45) is 0 Å². The summed E-state index contributed by atoms with van der Waals surface area (Å²) in [6.45, 7) is 7.13. The largest absolute Gasteiger partial charge is 0.355 e. The molecule has 0 aromatic carbocycles. The Bertz CT molecular complexity index is 583. The highest BCUT2D eigenvalue weighted by atomic mass is 79.9. The molecule has 0 radical (unpaired) electrons. The molecular weight excluding hydrogens is 346 g/mol. The quantitative estimate of drug-likeness (QED) is 0.737. The van der Waals surface area contributed by atoms with E-state index in [1.54, 1.807) is 11.3 Å². The van der Waals surface area contributed by atoms with E-state index < -0.39 is 0 Å². The number of rotatable bonds is 7. The summed E-state index contributed by atoms with van der Waals surface area (Å²) in [5, 5.41) is 5.59. The molecule has 2 aromatic heterocycles. The van der Waals surface area contributed by atoms with Gasteiger partial charge in [-0.1, -0.05) is 6.92 Å². The highest BCUT2D eigenvalue weighted by Crippen LogP contribution is 2.24. The first-order valence-electron chi connectivity index (χ1n) is 7.20. The average molecular weight is 368 g/mol. The SMILES string of the molecule is CCCNCc1cnc(N(C)Cc2csc(Br)c2)c(C)c1. The van der Waals surface area contributed by atoms with Crippen LogP contribution in [0.3, 0.4) is 0 Å². The fraction of sp³-hybridized carbons (Fsp3) is 0.438. The summed E-state index contributed by atoms with van der Waals surface area (Å²) in [4.78, 5) is 6.84. The number of thiophene rings is 1. The van der Waals surface area contributed by atoms with Crippen LogP contribution in [0, 0.1) is 6.92 Å². The first kappa shape index (κ1) is 16.5. The fourth-order valence-corrected chi connectivity index (χ4v) is 3.51. The number of pyridine rings is 1. The predicted octanol–water partition coefficient (Wildman–Crippen LogP) is 4.35. The topological polar surface area (TPSA) is 28.2 Å². The number of halogens is 1. The predicted molar refractivity (Wildman–Crippen MR) is 95.1 cm³/mol. The normalized spacial score (nSPS) is 10.9. The second-order valence-electron chi connectivity index (χ2n) is 5.28. The zero-order valence-corrected chi connectivity index (χ0v) is 15.2. The molecule has 2 rings (SSSR count). The van der Waals surface area contributed by atoms with Gasteiger partial charge in [-0.05, 0) is 70.0 Å². The minimum atomic E-state index is 0.878. The van der Waals surface area contributed by atoms with E-state index >= 15 is 0 Å². The zero-order valence-electron chi connectivity index (χ0n) is 12.8. The minimum absolute atomic E-state index is 0.878. The highest BCUT2D eigenvalue weighted by Gasteiger charge is 2.09. The lowest BCUT2D eigenvalue weighted by atomic mass is 10.2. The Morgan fingerprint density at radius 1 is 1.33 bits per heavy atom. The number of hydrogen-bond donors (Lipinski definition) is 1. The van der Waals surface area contributed by atoms with E-state index in [9.17, 15) is 0 Å². The minimum Gasteiger partial charge on any atom is -0.355 e. The van der Waals surface area contributed by atoms with Gasteiger partial charge in [0.15, 0.2) is 0 Å². The molecule has 2 heterocycles. The van der Waals surface area contributed by atoms with Crippen LogP contribution in [0.1, 0.15) is 30.0 Å². The van der Waals surface area contributed by atoms with Gasteiger partial charge < -0.3 is 10.2 Å². The number of aromatic nitrogens is 1. The summed E-state index contributed by atoms with van der Waals surface area (Å²) in [5.74, 6) is 1.05. The van der Waals surface area contributed by atoms with Crippen LogP contribution in [-0.4, -0.2) is 18.6 Å². The molecule has 0 saturated carbocycles. The van der Waals surface area contributed by atoms with Crippen molar-refractivity contribution < 1.29 is 0 Å². The smallest absolute Gasteiger partial charge is 0.131 e. The molecule has 0 unspecified atom stereocenters. The van der Waals surface area contributed by atoms with Crippen LogP contribution < -0.4 is 10.2 Å². The first-order chi connectivity index (χ1) is 10.1. The molecule has 0 saturated heterocycles. The van der Waals surface area contributed by atoms with Crippen molar-refractivity contribution in [2.75, 3.05) is 18.5 Å². The van der Waals surface area contributed by atoms with Gasteiger partial charge in [0, 0.05) is 26.3 Å². The lowest BCUT2D eigenvalue weighted by Crippen LogP contribution is -2.19. The van der Waals surface area contributed by atoms with Crippen molar-refractivity contribution in [3.8, 4) is 0 Å². The second-order valence-corrected chi connectivity index (χ2v) is 7.57. The molecule has 0 spiro atoms. The maximum atomic E-state index is 4.64.